The van der Waals surface area contributed by atoms with Gasteiger partial charge in [-0.1, -0.05) is 43.3 Å². The molecule has 0 unspecified atom stereocenters. The molecule has 3 aromatic carbocycles. The van der Waals surface area contributed by atoms with Gasteiger partial charge in [-0.05, 0) is 75.6 Å². The Kier molecular flexibility index (Phi) is 12.8. The molecule has 0 aromatic heterocycles. The van der Waals surface area contributed by atoms with Crippen molar-refractivity contribution in [1.82, 2.24) is 9.21 Å². The van der Waals surface area contributed by atoms with E-state index < -0.39 is 34.1 Å². The highest BCUT2D eigenvalue weighted by Crippen LogP contribution is 2.29. The number of fused-ring (bicyclic) bond motifs is 1. The minimum atomic E-state index is -3.77. The number of hydrogen-bond donors (Lipinski definition) is 3. The van der Waals surface area contributed by atoms with Crippen LogP contribution >= 0.6 is 0 Å². The Balaban J connectivity index is 1.63. The third kappa shape index (κ3) is 9.77. The Labute approximate surface area is 277 Å². The molecule has 3 aromatic rings. The van der Waals surface area contributed by atoms with Gasteiger partial charge in [-0.2, -0.15) is 4.31 Å². The van der Waals surface area contributed by atoms with Gasteiger partial charge in [0.1, 0.15) is 5.75 Å². The van der Waals surface area contributed by atoms with Crippen molar-refractivity contribution in [2.75, 3.05) is 44.0 Å². The lowest BCUT2D eigenvalue weighted by molar-refractivity contribution is -0.00833. The number of anilines is 2. The average molecular weight is 667 g/mol. The van der Waals surface area contributed by atoms with Gasteiger partial charge in [0.2, 0.25) is 10.0 Å². The highest BCUT2D eigenvalue weighted by molar-refractivity contribution is 7.89. The zero-order chi connectivity index (χ0) is 34.0. The van der Waals surface area contributed by atoms with Gasteiger partial charge < -0.3 is 30.1 Å². The number of amides is 3. The van der Waals surface area contributed by atoms with E-state index in [9.17, 15) is 23.1 Å². The lowest BCUT2D eigenvalue weighted by atomic mass is 10.0. The predicted molar refractivity (Wildman–Crippen MR) is 182 cm³/mol. The zero-order valence-corrected chi connectivity index (χ0v) is 28.3. The number of hydrogen-bond acceptors (Lipinski definition) is 7. The molecule has 1 aliphatic rings. The number of urea groups is 1. The number of nitrogens with zero attached hydrogens (tertiary/aromatic N) is 2. The number of aliphatic hydroxyl groups excluding tert-OH is 1. The Morgan fingerprint density at radius 2 is 1.66 bits per heavy atom. The maximum atomic E-state index is 14.3. The predicted octanol–water partition coefficient (Wildman–Crippen LogP) is 5.45. The Morgan fingerprint density at radius 3 is 2.34 bits per heavy atom. The lowest BCUT2D eigenvalue weighted by Crippen LogP contribution is -2.48. The fourth-order valence-electron chi connectivity index (χ4n) is 5.40. The van der Waals surface area contributed by atoms with E-state index in [0.717, 1.165) is 12.8 Å². The highest BCUT2D eigenvalue weighted by atomic mass is 32.2. The average Bonchev–Trinajstić information content (AvgIpc) is 3.06. The molecule has 12 heteroatoms. The second-order valence-electron chi connectivity index (χ2n) is 12.1. The molecule has 254 valence electrons. The van der Waals surface area contributed by atoms with Crippen LogP contribution in [0.3, 0.4) is 0 Å². The molecule has 0 spiro atoms. The van der Waals surface area contributed by atoms with Crippen LogP contribution in [0.5, 0.6) is 5.75 Å². The number of likely N-dealkylation sites (N-methyl/N-ethyl adjacent to an activating group) is 1. The van der Waals surface area contributed by atoms with Crippen LogP contribution in [0, 0.1) is 5.92 Å². The standard InChI is InChI=1S/C35H46N4O7S/c1-25-22-39(26(2)24-40)34(41)31-21-29(37-35(42)36-28-14-7-5-8-15-28)18-19-32(31)46-27(3)13-11-12-20-45-33(25)23-38(4)47(43,44)30-16-9-6-10-17-30/h5-10,14-19,21,25-27,33,40H,11-13,20,22-24H2,1-4H3,(H2,36,37,42)/t25-,26-,27-,33-/m0/s1. The first-order valence-electron chi connectivity index (χ1n) is 16.0. The molecule has 0 saturated carbocycles. The first-order valence-corrected chi connectivity index (χ1v) is 17.4. The minimum absolute atomic E-state index is 0.0780. The Hall–Kier alpha value is -3.97. The highest BCUT2D eigenvalue weighted by Gasteiger charge is 2.32. The van der Waals surface area contributed by atoms with Crippen LogP contribution in [-0.4, -0.2) is 86.3 Å². The van der Waals surface area contributed by atoms with Crippen LogP contribution in [0.4, 0.5) is 16.2 Å². The van der Waals surface area contributed by atoms with Crippen molar-refractivity contribution in [2.45, 2.75) is 63.2 Å². The molecule has 3 amide bonds. The monoisotopic (exact) mass is 666 g/mol. The van der Waals surface area contributed by atoms with Gasteiger partial charge in [0.25, 0.3) is 5.91 Å². The Morgan fingerprint density at radius 1 is 1.00 bits per heavy atom. The number of nitrogens with one attached hydrogen (secondary N) is 2. The van der Waals surface area contributed by atoms with E-state index in [1.54, 1.807) is 72.5 Å². The number of ether oxygens (including phenoxy) is 2. The summed E-state index contributed by atoms with van der Waals surface area (Å²) in [7, 11) is -2.25. The van der Waals surface area contributed by atoms with Crippen LogP contribution in [0.1, 0.15) is 50.4 Å². The number of carbonyl (C=O) groups is 2. The van der Waals surface area contributed by atoms with Crippen molar-refractivity contribution in [1.29, 1.82) is 0 Å². The summed E-state index contributed by atoms with van der Waals surface area (Å²) in [6.07, 6.45) is 1.50. The molecule has 4 rings (SSSR count). The summed E-state index contributed by atoms with van der Waals surface area (Å²) in [6.45, 7) is 5.96. The molecular weight excluding hydrogens is 620 g/mol. The quantitative estimate of drug-likeness (QED) is 0.291. The second-order valence-corrected chi connectivity index (χ2v) is 14.1. The molecule has 4 atom stereocenters. The van der Waals surface area contributed by atoms with Gasteiger partial charge in [0, 0.05) is 44.0 Å². The summed E-state index contributed by atoms with van der Waals surface area (Å²) in [4.78, 5) is 28.8. The van der Waals surface area contributed by atoms with E-state index in [4.69, 9.17) is 9.47 Å². The van der Waals surface area contributed by atoms with E-state index in [2.05, 4.69) is 10.6 Å². The molecule has 0 saturated heterocycles. The molecule has 0 fully saturated rings. The first-order chi connectivity index (χ1) is 22.5. The fraction of sp³-hybridized carbons (Fsp3) is 0.429. The minimum Gasteiger partial charge on any atom is -0.490 e. The van der Waals surface area contributed by atoms with Gasteiger partial charge in [0.05, 0.1) is 35.3 Å². The normalized spacial score (nSPS) is 20.4. The van der Waals surface area contributed by atoms with E-state index in [1.807, 2.05) is 32.0 Å². The molecular formula is C35H46N4O7S. The van der Waals surface area contributed by atoms with Gasteiger partial charge in [-0.15, -0.1) is 0 Å². The van der Waals surface area contributed by atoms with Crippen LogP contribution in [-0.2, 0) is 14.8 Å². The molecule has 11 nitrogen and oxygen atoms in total. The van der Waals surface area contributed by atoms with E-state index in [1.165, 1.54) is 11.4 Å². The summed E-state index contributed by atoms with van der Waals surface area (Å²) >= 11 is 0. The van der Waals surface area contributed by atoms with Crippen molar-refractivity contribution in [3.05, 3.63) is 84.4 Å². The smallest absolute Gasteiger partial charge is 0.323 e. The van der Waals surface area contributed by atoms with Crippen molar-refractivity contribution in [2.24, 2.45) is 5.92 Å². The molecule has 0 bridgehead atoms. The number of carbonyl (C=O) groups excluding carboxylic acids is 2. The van der Waals surface area contributed by atoms with Crippen LogP contribution in [0.15, 0.2) is 83.8 Å². The molecule has 47 heavy (non-hydrogen) atoms. The summed E-state index contributed by atoms with van der Waals surface area (Å²) in [5.74, 6) is -0.336. The maximum absolute atomic E-state index is 14.3. The van der Waals surface area contributed by atoms with E-state index >= 15 is 0 Å². The topological polar surface area (TPSA) is 138 Å². The zero-order valence-electron chi connectivity index (χ0n) is 27.5. The largest absolute Gasteiger partial charge is 0.490 e. The molecule has 1 heterocycles. The number of para-hydroxylation sites is 1. The summed E-state index contributed by atoms with van der Waals surface area (Å²) in [5.41, 5.74) is 1.24. The molecule has 0 radical (unpaired) electrons. The van der Waals surface area contributed by atoms with E-state index in [0.29, 0.717) is 30.2 Å². The third-order valence-corrected chi connectivity index (χ3v) is 10.1. The van der Waals surface area contributed by atoms with Gasteiger partial charge in [0.15, 0.2) is 0 Å². The third-order valence-electron chi connectivity index (χ3n) is 8.23. The first kappa shape index (κ1) is 35.9. The Bertz CT molecular complexity index is 1570. The van der Waals surface area contributed by atoms with Crippen LogP contribution in [0.25, 0.3) is 0 Å². The van der Waals surface area contributed by atoms with Crippen molar-refractivity contribution >= 4 is 33.3 Å². The fourth-order valence-corrected chi connectivity index (χ4v) is 6.61. The van der Waals surface area contributed by atoms with Gasteiger partial charge in [-0.3, -0.25) is 4.79 Å². The van der Waals surface area contributed by atoms with Crippen LogP contribution in [0.2, 0.25) is 0 Å². The number of rotatable bonds is 8. The van der Waals surface area contributed by atoms with Crippen LogP contribution < -0.4 is 15.4 Å². The molecule has 3 N–H and O–H groups in total. The van der Waals surface area contributed by atoms with E-state index in [-0.39, 0.29) is 42.2 Å². The summed E-state index contributed by atoms with van der Waals surface area (Å²) in [6, 6.07) is 21.1. The number of sulfonamides is 1. The van der Waals surface area contributed by atoms with Crippen molar-refractivity contribution < 1.29 is 32.6 Å². The summed E-state index contributed by atoms with van der Waals surface area (Å²) in [5, 5.41) is 15.8. The maximum Gasteiger partial charge on any atom is 0.323 e. The van der Waals surface area contributed by atoms with Gasteiger partial charge in [-0.25, -0.2) is 13.2 Å². The second kappa shape index (κ2) is 16.7. The number of benzene rings is 3. The van der Waals surface area contributed by atoms with Crippen molar-refractivity contribution in [3.8, 4) is 5.75 Å². The number of aliphatic hydroxyl groups is 1. The molecule has 0 aliphatic carbocycles. The molecule has 1 aliphatic heterocycles. The van der Waals surface area contributed by atoms with Crippen molar-refractivity contribution in [3.63, 3.8) is 0 Å². The lowest BCUT2D eigenvalue weighted by Gasteiger charge is -2.35. The summed E-state index contributed by atoms with van der Waals surface area (Å²) < 4.78 is 40.6. The SMILES string of the molecule is C[C@H]1CCCCO[C@@H](CN(C)S(=O)(=O)c2ccccc2)[C@@H](C)CN([C@@H](C)CO)C(=O)c2cc(NC(=O)Nc3ccccc3)ccc2O1. The van der Waals surface area contributed by atoms with Gasteiger partial charge >= 0.3 is 6.03 Å².